The lowest BCUT2D eigenvalue weighted by atomic mass is 9.96. The van der Waals surface area contributed by atoms with Crippen molar-refractivity contribution in [3.63, 3.8) is 0 Å². The highest BCUT2D eigenvalue weighted by atomic mass is 16.5. The standard InChI is InChI=1S/C26H30N6O2/c1-17-7-9-20-13-22(17)18(2)8-10-21-24(31(5)29-25(21)33-12-11-27)16-30(4)15-19(3)34-26-23(20)14-28-32(26)6/h7-10,13-14,19H,2,12,15-16H2,1,3-6H3/b10-8+. The predicted octanol–water partition coefficient (Wildman–Crippen LogP) is 3.97. The molecular formula is C26H30N6O2. The fraction of sp³-hybridized carbons (Fsp3) is 0.346. The van der Waals surface area contributed by atoms with Crippen LogP contribution in [0.25, 0.3) is 22.8 Å². The SMILES string of the molecule is C=C1/C=C/c2c(OCC#N)nn(C)c2CN(C)CC(C)Oc2c(cnn2C)-c2ccc(C)c1c2. The van der Waals surface area contributed by atoms with Crippen LogP contribution in [0, 0.1) is 18.3 Å². The van der Waals surface area contributed by atoms with E-state index in [1.165, 1.54) is 0 Å². The summed E-state index contributed by atoms with van der Waals surface area (Å²) in [5.74, 6) is 1.18. The van der Waals surface area contributed by atoms with Crippen molar-refractivity contribution in [1.29, 1.82) is 5.26 Å². The molecule has 176 valence electrons. The number of hydrogen-bond acceptors (Lipinski definition) is 6. The van der Waals surface area contributed by atoms with E-state index in [1.807, 2.05) is 45.6 Å². The number of rotatable bonds is 2. The lowest BCUT2D eigenvalue weighted by Crippen LogP contribution is -2.32. The van der Waals surface area contributed by atoms with Crippen LogP contribution < -0.4 is 9.47 Å². The maximum atomic E-state index is 9.00. The average Bonchev–Trinajstić information content (AvgIpc) is 3.29. The van der Waals surface area contributed by atoms with E-state index < -0.39 is 0 Å². The summed E-state index contributed by atoms with van der Waals surface area (Å²) in [4.78, 5) is 2.18. The fourth-order valence-electron chi connectivity index (χ4n) is 4.27. The van der Waals surface area contributed by atoms with E-state index in [4.69, 9.17) is 14.7 Å². The first kappa shape index (κ1) is 23.3. The van der Waals surface area contributed by atoms with E-state index in [0.29, 0.717) is 19.0 Å². The van der Waals surface area contributed by atoms with Gasteiger partial charge in [-0.2, -0.15) is 10.4 Å². The van der Waals surface area contributed by atoms with Crippen LogP contribution in [0.2, 0.25) is 0 Å². The summed E-state index contributed by atoms with van der Waals surface area (Å²) in [5, 5.41) is 18.0. The van der Waals surface area contributed by atoms with Gasteiger partial charge in [0, 0.05) is 27.2 Å². The van der Waals surface area contributed by atoms with Gasteiger partial charge in [0.2, 0.25) is 11.8 Å². The molecule has 0 spiro atoms. The van der Waals surface area contributed by atoms with Crippen molar-refractivity contribution in [2.45, 2.75) is 26.5 Å². The van der Waals surface area contributed by atoms with Gasteiger partial charge in [0.05, 0.1) is 23.0 Å². The number of ether oxygens (including phenoxy) is 2. The van der Waals surface area contributed by atoms with Crippen molar-refractivity contribution in [3.8, 4) is 29.0 Å². The molecule has 0 aliphatic carbocycles. The zero-order chi connectivity index (χ0) is 24.4. The molecule has 1 aliphatic rings. The Morgan fingerprint density at radius 3 is 2.76 bits per heavy atom. The highest BCUT2D eigenvalue weighted by molar-refractivity contribution is 5.83. The van der Waals surface area contributed by atoms with E-state index in [2.05, 4.69) is 53.7 Å². The first-order valence-corrected chi connectivity index (χ1v) is 11.2. The van der Waals surface area contributed by atoms with Crippen LogP contribution in [0.4, 0.5) is 0 Å². The zero-order valence-electron chi connectivity index (χ0n) is 20.4. The summed E-state index contributed by atoms with van der Waals surface area (Å²) in [7, 11) is 5.83. The zero-order valence-corrected chi connectivity index (χ0v) is 20.4. The lowest BCUT2D eigenvalue weighted by molar-refractivity contribution is 0.147. The summed E-state index contributed by atoms with van der Waals surface area (Å²) in [5.41, 5.74) is 6.81. The summed E-state index contributed by atoms with van der Waals surface area (Å²) in [6.45, 7) is 9.71. The molecule has 1 aliphatic heterocycles. The van der Waals surface area contributed by atoms with Crippen molar-refractivity contribution in [2.75, 3.05) is 20.2 Å². The van der Waals surface area contributed by atoms with Crippen LogP contribution in [0.1, 0.15) is 29.3 Å². The minimum absolute atomic E-state index is 0.0631. The molecule has 1 atom stereocenters. The molecule has 8 heteroatoms. The van der Waals surface area contributed by atoms with Crippen LogP contribution in [-0.4, -0.2) is 50.8 Å². The maximum absolute atomic E-state index is 9.00. The quantitative estimate of drug-likeness (QED) is 0.578. The molecule has 0 amide bonds. The largest absolute Gasteiger partial charge is 0.473 e. The third kappa shape index (κ3) is 4.61. The average molecular weight is 459 g/mol. The van der Waals surface area contributed by atoms with Gasteiger partial charge < -0.3 is 9.47 Å². The number of benzene rings is 1. The highest BCUT2D eigenvalue weighted by Crippen LogP contribution is 2.34. The Morgan fingerprint density at radius 2 is 2.00 bits per heavy atom. The third-order valence-corrected chi connectivity index (χ3v) is 5.98. The minimum atomic E-state index is -0.0781. The molecule has 1 aromatic carbocycles. The van der Waals surface area contributed by atoms with Crippen LogP contribution in [0.5, 0.6) is 11.8 Å². The summed E-state index contributed by atoms with van der Waals surface area (Å²) in [6.07, 6.45) is 5.73. The molecule has 8 nitrogen and oxygen atoms in total. The molecule has 2 bridgehead atoms. The van der Waals surface area contributed by atoms with Crippen molar-refractivity contribution < 1.29 is 9.47 Å². The van der Waals surface area contributed by atoms with Gasteiger partial charge in [-0.3, -0.25) is 9.58 Å². The van der Waals surface area contributed by atoms with Crippen molar-refractivity contribution in [1.82, 2.24) is 24.5 Å². The van der Waals surface area contributed by atoms with Crippen LogP contribution in [0.15, 0.2) is 37.1 Å². The van der Waals surface area contributed by atoms with Crippen molar-refractivity contribution in [2.24, 2.45) is 14.1 Å². The number of nitriles is 1. The molecule has 4 rings (SSSR count). The van der Waals surface area contributed by atoms with Gasteiger partial charge in [-0.05, 0) is 55.3 Å². The van der Waals surface area contributed by atoms with Crippen LogP contribution >= 0.6 is 0 Å². The molecule has 0 saturated heterocycles. The molecule has 34 heavy (non-hydrogen) atoms. The first-order valence-electron chi connectivity index (χ1n) is 11.2. The van der Waals surface area contributed by atoms with Gasteiger partial charge in [0.15, 0.2) is 6.61 Å². The van der Waals surface area contributed by atoms with E-state index in [9.17, 15) is 0 Å². The minimum Gasteiger partial charge on any atom is -0.473 e. The number of allylic oxidation sites excluding steroid dienone is 2. The molecule has 3 aromatic rings. The van der Waals surface area contributed by atoms with E-state index in [1.54, 1.807) is 9.36 Å². The Bertz CT molecular complexity index is 1290. The smallest absolute Gasteiger partial charge is 0.241 e. The second-order valence-corrected chi connectivity index (χ2v) is 8.74. The van der Waals surface area contributed by atoms with E-state index >= 15 is 0 Å². The van der Waals surface area contributed by atoms with E-state index in [-0.39, 0.29) is 12.7 Å². The first-order chi connectivity index (χ1) is 16.3. The highest BCUT2D eigenvalue weighted by Gasteiger charge is 2.21. The number of aryl methyl sites for hydroxylation is 3. The number of likely N-dealkylation sites (N-methyl/N-ethyl adjacent to an activating group) is 1. The Balaban J connectivity index is 1.84. The topological polar surface area (TPSA) is 81.1 Å². The van der Waals surface area contributed by atoms with Gasteiger partial charge in [-0.1, -0.05) is 24.8 Å². The molecule has 0 saturated carbocycles. The molecule has 0 radical (unpaired) electrons. The second kappa shape index (κ2) is 9.57. The van der Waals surface area contributed by atoms with Crippen molar-refractivity contribution in [3.05, 3.63) is 59.4 Å². The number of nitrogens with zero attached hydrogens (tertiary/aromatic N) is 6. The molecule has 3 heterocycles. The molecule has 1 unspecified atom stereocenters. The summed E-state index contributed by atoms with van der Waals surface area (Å²) >= 11 is 0. The second-order valence-electron chi connectivity index (χ2n) is 8.74. The molecule has 0 N–H and O–H groups in total. The van der Waals surface area contributed by atoms with Crippen LogP contribution in [-0.2, 0) is 20.6 Å². The Labute approximate surface area is 200 Å². The van der Waals surface area contributed by atoms with Crippen molar-refractivity contribution >= 4 is 11.6 Å². The van der Waals surface area contributed by atoms with Gasteiger partial charge in [-0.15, -0.1) is 5.10 Å². The third-order valence-electron chi connectivity index (χ3n) is 5.98. The maximum Gasteiger partial charge on any atom is 0.241 e. The van der Waals surface area contributed by atoms with Gasteiger partial charge in [-0.25, -0.2) is 4.68 Å². The Hall–Kier alpha value is -3.83. The predicted molar refractivity (Wildman–Crippen MR) is 132 cm³/mol. The van der Waals surface area contributed by atoms with Gasteiger partial charge >= 0.3 is 0 Å². The number of aromatic nitrogens is 4. The summed E-state index contributed by atoms with van der Waals surface area (Å²) < 4.78 is 15.6. The fourth-order valence-corrected chi connectivity index (χ4v) is 4.27. The van der Waals surface area contributed by atoms with E-state index in [0.717, 1.165) is 45.0 Å². The Kier molecular flexibility index (Phi) is 6.57. The summed E-state index contributed by atoms with van der Waals surface area (Å²) in [6, 6.07) is 8.32. The normalized spacial score (nSPS) is 17.5. The monoisotopic (exact) mass is 458 g/mol. The van der Waals surface area contributed by atoms with Crippen LogP contribution in [0.3, 0.4) is 0 Å². The molecular weight excluding hydrogens is 428 g/mol. The van der Waals surface area contributed by atoms with Gasteiger partial charge in [0.25, 0.3) is 0 Å². The van der Waals surface area contributed by atoms with Gasteiger partial charge in [0.1, 0.15) is 12.2 Å². The Morgan fingerprint density at radius 1 is 1.21 bits per heavy atom. The molecule has 2 aromatic heterocycles. The number of fused-ring (bicyclic) bond motifs is 5. The lowest BCUT2D eigenvalue weighted by Gasteiger charge is -2.23. The number of hydrogen-bond donors (Lipinski definition) is 0. The molecule has 0 fully saturated rings.